The summed E-state index contributed by atoms with van der Waals surface area (Å²) in [5.74, 6) is -0.165. The second-order valence-electron chi connectivity index (χ2n) is 4.09. The fourth-order valence-electron chi connectivity index (χ4n) is 1.42. The van der Waals surface area contributed by atoms with Gasteiger partial charge in [-0.15, -0.1) is 0 Å². The Morgan fingerprint density at radius 1 is 1.47 bits per heavy atom. The molecule has 0 aliphatic rings. The third-order valence-corrected chi connectivity index (χ3v) is 2.33. The molecular formula is C12H20N4O. The summed E-state index contributed by atoms with van der Waals surface area (Å²) < 4.78 is 0. The van der Waals surface area contributed by atoms with E-state index in [9.17, 15) is 4.79 Å². The third-order valence-electron chi connectivity index (χ3n) is 2.33. The number of anilines is 1. The van der Waals surface area contributed by atoms with Crippen LogP contribution >= 0.6 is 0 Å². The van der Waals surface area contributed by atoms with Crippen molar-refractivity contribution in [3.8, 4) is 0 Å². The van der Waals surface area contributed by atoms with E-state index in [0.717, 1.165) is 25.2 Å². The predicted octanol–water partition coefficient (Wildman–Crippen LogP) is 0.805. The Bertz CT molecular complexity index is 365. The van der Waals surface area contributed by atoms with Gasteiger partial charge >= 0.3 is 0 Å². The maximum atomic E-state index is 11.4. The first-order chi connectivity index (χ1) is 8.13. The molecule has 0 fully saturated rings. The number of amides is 1. The first kappa shape index (κ1) is 13.4. The number of carbonyl (C=O) groups is 1. The molecule has 1 heterocycles. The number of aromatic nitrogens is 1. The lowest BCUT2D eigenvalue weighted by atomic mass is 10.3. The van der Waals surface area contributed by atoms with Gasteiger partial charge in [-0.05, 0) is 39.2 Å². The van der Waals surface area contributed by atoms with Crippen LogP contribution in [0.1, 0.15) is 16.9 Å². The highest BCUT2D eigenvalue weighted by Crippen LogP contribution is 2.07. The molecule has 0 unspecified atom stereocenters. The molecule has 0 aliphatic carbocycles. The van der Waals surface area contributed by atoms with E-state index in [2.05, 4.69) is 34.6 Å². The molecule has 5 nitrogen and oxygen atoms in total. The van der Waals surface area contributed by atoms with E-state index in [4.69, 9.17) is 0 Å². The van der Waals surface area contributed by atoms with Crippen molar-refractivity contribution in [3.05, 3.63) is 24.0 Å². The average Bonchev–Trinajstić information content (AvgIpc) is 2.34. The van der Waals surface area contributed by atoms with Crippen LogP contribution < -0.4 is 10.6 Å². The number of nitrogens with zero attached hydrogens (tertiary/aromatic N) is 2. The van der Waals surface area contributed by atoms with Gasteiger partial charge in [0.1, 0.15) is 5.69 Å². The summed E-state index contributed by atoms with van der Waals surface area (Å²) in [5, 5.41) is 5.83. The van der Waals surface area contributed by atoms with Crippen molar-refractivity contribution in [2.45, 2.75) is 6.42 Å². The first-order valence-corrected chi connectivity index (χ1v) is 5.70. The Labute approximate surface area is 102 Å². The molecule has 1 aromatic heterocycles. The second kappa shape index (κ2) is 6.85. The molecule has 94 valence electrons. The average molecular weight is 236 g/mol. The lowest BCUT2D eigenvalue weighted by Gasteiger charge is -2.10. The second-order valence-corrected chi connectivity index (χ2v) is 4.09. The molecule has 0 spiro atoms. The van der Waals surface area contributed by atoms with Crippen LogP contribution in [0.3, 0.4) is 0 Å². The molecule has 1 aromatic rings. The third kappa shape index (κ3) is 4.82. The van der Waals surface area contributed by atoms with E-state index in [1.165, 1.54) is 0 Å². The molecule has 0 saturated heterocycles. The minimum absolute atomic E-state index is 0.165. The molecule has 2 N–H and O–H groups in total. The van der Waals surface area contributed by atoms with E-state index in [0.29, 0.717) is 5.69 Å². The molecule has 0 aromatic carbocycles. The fraction of sp³-hybridized carbons (Fsp3) is 0.500. The van der Waals surface area contributed by atoms with E-state index in [-0.39, 0.29) is 5.91 Å². The Kier molecular flexibility index (Phi) is 5.42. The Morgan fingerprint density at radius 3 is 2.88 bits per heavy atom. The molecular weight excluding hydrogens is 216 g/mol. The molecule has 0 aliphatic heterocycles. The van der Waals surface area contributed by atoms with E-state index < -0.39 is 0 Å². The minimum atomic E-state index is -0.165. The smallest absolute Gasteiger partial charge is 0.269 e. The van der Waals surface area contributed by atoms with Crippen molar-refractivity contribution in [1.82, 2.24) is 15.2 Å². The number of nitrogens with one attached hydrogen (secondary N) is 2. The zero-order valence-electron chi connectivity index (χ0n) is 10.7. The van der Waals surface area contributed by atoms with Gasteiger partial charge in [-0.2, -0.15) is 0 Å². The van der Waals surface area contributed by atoms with Crippen LogP contribution in [0.4, 0.5) is 5.69 Å². The molecule has 5 heteroatoms. The van der Waals surface area contributed by atoms with Gasteiger partial charge < -0.3 is 15.5 Å². The summed E-state index contributed by atoms with van der Waals surface area (Å²) in [6.45, 7) is 1.93. The maximum Gasteiger partial charge on any atom is 0.269 e. The van der Waals surface area contributed by atoms with Gasteiger partial charge in [-0.1, -0.05) is 0 Å². The standard InChI is InChI=1S/C12H20N4O/c1-13-12(17)11-9-10(5-7-15-11)14-6-4-8-16(2)3/h5,7,9H,4,6,8H2,1-3H3,(H,13,17)(H,14,15). The molecule has 1 rings (SSSR count). The molecule has 17 heavy (non-hydrogen) atoms. The quantitative estimate of drug-likeness (QED) is 0.718. The monoisotopic (exact) mass is 236 g/mol. The van der Waals surface area contributed by atoms with Crippen molar-refractivity contribution in [2.24, 2.45) is 0 Å². The van der Waals surface area contributed by atoms with Crippen molar-refractivity contribution < 1.29 is 4.79 Å². The number of hydrogen-bond donors (Lipinski definition) is 2. The van der Waals surface area contributed by atoms with Gasteiger partial charge in [-0.25, -0.2) is 0 Å². The van der Waals surface area contributed by atoms with Crippen LogP contribution in [0.2, 0.25) is 0 Å². The number of carbonyl (C=O) groups excluding carboxylic acids is 1. The zero-order chi connectivity index (χ0) is 12.7. The Morgan fingerprint density at radius 2 is 2.24 bits per heavy atom. The summed E-state index contributed by atoms with van der Waals surface area (Å²) in [6, 6.07) is 3.62. The predicted molar refractivity (Wildman–Crippen MR) is 69.3 cm³/mol. The summed E-state index contributed by atoms with van der Waals surface area (Å²) in [4.78, 5) is 17.5. The Hall–Kier alpha value is -1.62. The number of rotatable bonds is 6. The van der Waals surface area contributed by atoms with Gasteiger partial charge in [-0.3, -0.25) is 9.78 Å². The fourth-order valence-corrected chi connectivity index (χ4v) is 1.42. The largest absolute Gasteiger partial charge is 0.385 e. The van der Waals surface area contributed by atoms with Gasteiger partial charge in [0.25, 0.3) is 5.91 Å². The van der Waals surface area contributed by atoms with E-state index in [1.54, 1.807) is 19.3 Å². The summed E-state index contributed by atoms with van der Waals surface area (Å²) >= 11 is 0. The lowest BCUT2D eigenvalue weighted by Crippen LogP contribution is -2.19. The molecule has 0 saturated carbocycles. The number of pyridine rings is 1. The van der Waals surface area contributed by atoms with Crippen LogP contribution in [0.15, 0.2) is 18.3 Å². The van der Waals surface area contributed by atoms with Crippen LogP contribution in [0.5, 0.6) is 0 Å². The topological polar surface area (TPSA) is 57.3 Å². The van der Waals surface area contributed by atoms with Crippen molar-refractivity contribution in [3.63, 3.8) is 0 Å². The zero-order valence-corrected chi connectivity index (χ0v) is 10.7. The van der Waals surface area contributed by atoms with Gasteiger partial charge in [0.05, 0.1) is 0 Å². The molecule has 1 amide bonds. The first-order valence-electron chi connectivity index (χ1n) is 5.70. The van der Waals surface area contributed by atoms with Gasteiger partial charge in [0, 0.05) is 25.5 Å². The molecule has 0 radical (unpaired) electrons. The molecule has 0 atom stereocenters. The van der Waals surface area contributed by atoms with Crippen LogP contribution in [-0.2, 0) is 0 Å². The van der Waals surface area contributed by atoms with Crippen molar-refractivity contribution in [2.75, 3.05) is 39.5 Å². The highest BCUT2D eigenvalue weighted by atomic mass is 16.1. The summed E-state index contributed by atoms with van der Waals surface area (Å²) in [6.07, 6.45) is 2.70. The summed E-state index contributed by atoms with van der Waals surface area (Å²) in [5.41, 5.74) is 1.36. The number of hydrogen-bond acceptors (Lipinski definition) is 4. The normalized spacial score (nSPS) is 10.4. The van der Waals surface area contributed by atoms with Crippen LogP contribution in [0.25, 0.3) is 0 Å². The molecule has 0 bridgehead atoms. The van der Waals surface area contributed by atoms with Gasteiger partial charge in [0.2, 0.25) is 0 Å². The van der Waals surface area contributed by atoms with Crippen LogP contribution in [-0.4, -0.2) is 50.0 Å². The minimum Gasteiger partial charge on any atom is -0.385 e. The SMILES string of the molecule is CNC(=O)c1cc(NCCCN(C)C)ccn1. The Balaban J connectivity index is 2.46. The lowest BCUT2D eigenvalue weighted by molar-refractivity contribution is 0.0958. The van der Waals surface area contributed by atoms with E-state index >= 15 is 0 Å². The van der Waals surface area contributed by atoms with Crippen LogP contribution in [0, 0.1) is 0 Å². The maximum absolute atomic E-state index is 11.4. The van der Waals surface area contributed by atoms with Crippen molar-refractivity contribution in [1.29, 1.82) is 0 Å². The van der Waals surface area contributed by atoms with Crippen molar-refractivity contribution >= 4 is 11.6 Å². The summed E-state index contributed by atoms with van der Waals surface area (Å²) in [7, 11) is 5.70. The highest BCUT2D eigenvalue weighted by molar-refractivity contribution is 5.92. The van der Waals surface area contributed by atoms with Gasteiger partial charge in [0.15, 0.2) is 0 Å². The van der Waals surface area contributed by atoms with E-state index in [1.807, 2.05) is 6.07 Å². The highest BCUT2D eigenvalue weighted by Gasteiger charge is 2.04.